The predicted octanol–water partition coefficient (Wildman–Crippen LogP) is 4.36. The van der Waals surface area contributed by atoms with E-state index in [0.29, 0.717) is 0 Å². The van der Waals surface area contributed by atoms with Crippen molar-refractivity contribution in [3.63, 3.8) is 0 Å². The van der Waals surface area contributed by atoms with Crippen LogP contribution in [0.2, 0.25) is 0 Å². The summed E-state index contributed by atoms with van der Waals surface area (Å²) in [7, 11) is -11.7. The Morgan fingerprint density at radius 3 is 1.43 bits per heavy atom. The van der Waals surface area contributed by atoms with Gasteiger partial charge in [0.1, 0.15) is 12.1 Å². The van der Waals surface area contributed by atoms with Gasteiger partial charge in [-0.25, -0.2) is 0 Å². The van der Waals surface area contributed by atoms with Crippen LogP contribution in [0.4, 0.5) is 17.6 Å². The Morgan fingerprint density at radius 2 is 1.02 bits per heavy atom. The molecule has 8 N–H and O–H groups in total. The first kappa shape index (κ1) is 39.1. The maximum atomic E-state index is 14.2. The van der Waals surface area contributed by atoms with Gasteiger partial charge in [-0.05, 0) is 34.4 Å². The molecule has 0 saturated heterocycles. The second kappa shape index (κ2) is 15.3. The minimum atomic E-state index is -5.87. The van der Waals surface area contributed by atoms with Crippen LogP contribution in [0.5, 0.6) is 0 Å². The van der Waals surface area contributed by atoms with Gasteiger partial charge < -0.3 is 35.9 Å². The summed E-state index contributed by atoms with van der Waals surface area (Å²) in [6.07, 6.45) is -0.727. The van der Waals surface area contributed by atoms with Gasteiger partial charge in [0.15, 0.2) is 0 Å². The lowest BCUT2D eigenvalue weighted by atomic mass is 10.0. The van der Waals surface area contributed by atoms with Crippen LogP contribution < -0.4 is 16.4 Å². The van der Waals surface area contributed by atoms with E-state index in [1.807, 2.05) is 30.3 Å². The van der Waals surface area contributed by atoms with E-state index in [1.165, 1.54) is 12.1 Å². The van der Waals surface area contributed by atoms with Gasteiger partial charge in [0.2, 0.25) is 11.8 Å². The fraction of sp³-hybridized carbons (Fsp3) is 0.182. The molecule has 4 aromatic carbocycles. The maximum absolute atomic E-state index is 14.2. The molecule has 0 aliphatic heterocycles. The second-order valence-corrected chi connectivity index (χ2v) is 14.7. The molecule has 4 rings (SSSR count). The van der Waals surface area contributed by atoms with Crippen LogP contribution in [0.1, 0.15) is 32.6 Å². The smallest absolute Gasteiger partial charge is 0.368 e. The number of halogens is 4. The Labute approximate surface area is 288 Å². The van der Waals surface area contributed by atoms with Crippen molar-refractivity contribution >= 4 is 32.9 Å². The van der Waals surface area contributed by atoms with Crippen LogP contribution in [0, 0.1) is 0 Å². The van der Waals surface area contributed by atoms with Gasteiger partial charge in [-0.2, -0.15) is 17.6 Å². The molecule has 4 aromatic rings. The highest BCUT2D eigenvalue weighted by atomic mass is 31.2. The number of carbonyl (C=O) groups excluding carboxylic acids is 3. The maximum Gasteiger partial charge on any atom is 0.399 e. The number of hydrogen-bond acceptors (Lipinski definition) is 5. The average Bonchev–Trinajstić information content (AvgIpc) is 3.07. The predicted molar refractivity (Wildman–Crippen MR) is 176 cm³/mol. The lowest BCUT2D eigenvalue weighted by Crippen LogP contribution is -2.54. The molecule has 51 heavy (non-hydrogen) atoms. The third-order valence-corrected chi connectivity index (χ3v) is 9.73. The molecule has 0 saturated carbocycles. The number of benzene rings is 4. The fourth-order valence-electron chi connectivity index (χ4n) is 4.88. The largest absolute Gasteiger partial charge is 0.399 e. The number of carbonyl (C=O) groups is 3. The molecule has 270 valence electrons. The molecule has 0 aliphatic rings. The second-order valence-electron chi connectivity index (χ2n) is 11.4. The Kier molecular flexibility index (Phi) is 11.7. The van der Waals surface area contributed by atoms with Gasteiger partial charge in [-0.15, -0.1) is 0 Å². The molecule has 0 radical (unpaired) electrons. The third kappa shape index (κ3) is 9.36. The third-order valence-electron chi connectivity index (χ3n) is 7.75. The van der Waals surface area contributed by atoms with E-state index in [9.17, 15) is 41.1 Å². The van der Waals surface area contributed by atoms with Crippen molar-refractivity contribution in [2.24, 2.45) is 5.73 Å². The zero-order valence-corrected chi connectivity index (χ0v) is 28.0. The monoisotopic (exact) mass is 751 g/mol. The van der Waals surface area contributed by atoms with Crippen molar-refractivity contribution in [3.05, 3.63) is 131 Å². The summed E-state index contributed by atoms with van der Waals surface area (Å²) in [4.78, 5) is 75.3. The van der Waals surface area contributed by atoms with Crippen molar-refractivity contribution in [3.8, 4) is 11.1 Å². The quantitative estimate of drug-likeness (QED) is 0.0719. The molecule has 18 heteroatoms. The molecule has 2 unspecified atom stereocenters. The van der Waals surface area contributed by atoms with E-state index < -0.39 is 67.5 Å². The van der Waals surface area contributed by atoms with E-state index in [2.05, 4.69) is 10.6 Å². The fourth-order valence-corrected chi connectivity index (χ4v) is 5.85. The number of amides is 3. The zero-order valence-electron chi connectivity index (χ0n) is 26.2. The summed E-state index contributed by atoms with van der Waals surface area (Å²) >= 11 is 0. The highest BCUT2D eigenvalue weighted by Gasteiger charge is 2.51. The van der Waals surface area contributed by atoms with Crippen molar-refractivity contribution in [1.29, 1.82) is 0 Å². The molecule has 0 spiro atoms. The Balaban J connectivity index is 1.58. The molecule has 0 bridgehead atoms. The zero-order chi connectivity index (χ0) is 37.8. The molecular formula is C33H31F4N3O9P2. The lowest BCUT2D eigenvalue weighted by molar-refractivity contribution is -0.128. The van der Waals surface area contributed by atoms with Gasteiger partial charge >= 0.3 is 26.5 Å². The van der Waals surface area contributed by atoms with Crippen LogP contribution in [-0.2, 0) is 42.9 Å². The van der Waals surface area contributed by atoms with Crippen LogP contribution in [0.3, 0.4) is 0 Å². The number of nitrogens with one attached hydrogen (secondary N) is 2. The van der Waals surface area contributed by atoms with E-state index in [1.54, 1.807) is 12.1 Å². The van der Waals surface area contributed by atoms with Gasteiger partial charge in [0, 0.05) is 29.5 Å². The number of primary amides is 1. The number of hydrogen-bond donors (Lipinski definition) is 7. The first-order valence-electron chi connectivity index (χ1n) is 14.8. The molecule has 0 fully saturated rings. The van der Waals surface area contributed by atoms with E-state index in [4.69, 9.17) is 25.3 Å². The molecule has 2 atom stereocenters. The van der Waals surface area contributed by atoms with Gasteiger partial charge in [0.05, 0.1) is 0 Å². The van der Waals surface area contributed by atoms with Crippen molar-refractivity contribution in [2.45, 2.75) is 36.3 Å². The van der Waals surface area contributed by atoms with Gasteiger partial charge in [-0.1, -0.05) is 91.0 Å². The van der Waals surface area contributed by atoms with Crippen LogP contribution in [0.25, 0.3) is 11.1 Å². The summed E-state index contributed by atoms with van der Waals surface area (Å²) in [5, 5.41) is 4.90. The van der Waals surface area contributed by atoms with Gasteiger partial charge in [-0.3, -0.25) is 23.5 Å². The summed E-state index contributed by atoms with van der Waals surface area (Å²) in [6.45, 7) is 0. The average molecular weight is 752 g/mol. The minimum absolute atomic E-state index is 0.128. The van der Waals surface area contributed by atoms with Crippen LogP contribution >= 0.6 is 15.2 Å². The summed E-state index contributed by atoms with van der Waals surface area (Å²) in [5.41, 5.74) is -3.38. The SMILES string of the molecule is NC(=O)C(Cc1ccc(C(F)(F)P(=O)(O)O)cc1)NC(=O)C(Cc1ccc(C(F)(F)P(=O)(O)O)cc1)NC(=O)c1ccc(-c2ccccc2)cc1. The summed E-state index contributed by atoms with van der Waals surface area (Å²) in [5.74, 6) is -2.78. The van der Waals surface area contributed by atoms with Crippen molar-refractivity contribution in [1.82, 2.24) is 10.6 Å². The standard InChI is InChI=1S/C33H31F4N3O9P2/c34-32(35,50(44,45)46)25-14-6-20(7-15-25)18-27(29(38)41)39-31(43)28(19-21-8-16-26(17-9-21)33(36,37)51(47,48)49)40-30(42)24-12-10-23(11-13-24)22-4-2-1-3-5-22/h1-17,27-28H,18-19H2,(H2,38,41)(H,39,43)(H,40,42)(H2,44,45,46)(H2,47,48,49). The Bertz CT molecular complexity index is 1970. The number of nitrogens with two attached hydrogens (primary N) is 1. The first-order chi connectivity index (χ1) is 23.7. The topological polar surface area (TPSA) is 216 Å². The lowest BCUT2D eigenvalue weighted by Gasteiger charge is -2.23. The normalized spacial score (nSPS) is 13.6. The van der Waals surface area contributed by atoms with E-state index >= 15 is 0 Å². The summed E-state index contributed by atoms with van der Waals surface area (Å²) < 4.78 is 79.1. The molecule has 0 aliphatic carbocycles. The number of alkyl halides is 4. The van der Waals surface area contributed by atoms with Crippen molar-refractivity contribution in [2.75, 3.05) is 0 Å². The first-order valence-corrected chi connectivity index (χ1v) is 18.0. The van der Waals surface area contributed by atoms with E-state index in [0.717, 1.165) is 59.7 Å². The van der Waals surface area contributed by atoms with Crippen molar-refractivity contribution < 1.29 is 60.6 Å². The molecule has 0 heterocycles. The van der Waals surface area contributed by atoms with Crippen LogP contribution in [0.15, 0.2) is 103 Å². The summed E-state index contributed by atoms with van der Waals surface area (Å²) in [6, 6.07) is 19.8. The molecular weight excluding hydrogens is 720 g/mol. The molecule has 0 aromatic heterocycles. The molecule has 12 nitrogen and oxygen atoms in total. The van der Waals surface area contributed by atoms with E-state index in [-0.39, 0.29) is 29.5 Å². The van der Waals surface area contributed by atoms with Crippen LogP contribution in [-0.4, -0.2) is 49.4 Å². The number of rotatable bonds is 14. The highest BCUT2D eigenvalue weighted by molar-refractivity contribution is 7.52. The highest BCUT2D eigenvalue weighted by Crippen LogP contribution is 2.60. The minimum Gasteiger partial charge on any atom is -0.368 e. The Hall–Kier alpha value is -4.69. The van der Waals surface area contributed by atoms with Gasteiger partial charge in [0.25, 0.3) is 5.91 Å². The molecule has 3 amide bonds. The Morgan fingerprint density at radius 1 is 0.608 bits per heavy atom.